The van der Waals surface area contributed by atoms with Gasteiger partial charge in [-0.1, -0.05) is 11.6 Å². The number of aliphatic hydroxyl groups excluding tert-OH is 1. The molecular weight excluding hydrogens is 335 g/mol. The van der Waals surface area contributed by atoms with Crippen LogP contribution in [0, 0.1) is 0 Å². The van der Waals surface area contributed by atoms with Crippen LogP contribution in [0.4, 0.5) is 13.2 Å². The highest BCUT2D eigenvalue weighted by molar-refractivity contribution is 7.89. The summed E-state index contributed by atoms with van der Waals surface area (Å²) in [6, 6.07) is 3.46. The smallest absolute Gasteiger partial charge is 0.402 e. The van der Waals surface area contributed by atoms with Gasteiger partial charge >= 0.3 is 6.18 Å². The average Bonchev–Trinajstić information content (AvgIpc) is 2.36. The van der Waals surface area contributed by atoms with Crippen LogP contribution >= 0.6 is 11.6 Å². The Balaban J connectivity index is 3.29. The van der Waals surface area contributed by atoms with Crippen molar-refractivity contribution < 1.29 is 31.4 Å². The molecule has 21 heavy (non-hydrogen) atoms. The highest BCUT2D eigenvalue weighted by atomic mass is 35.5. The lowest BCUT2D eigenvalue weighted by atomic mass is 10.3. The Hall–Kier alpha value is -1.03. The molecule has 1 aromatic rings. The minimum Gasteiger partial charge on any atom is -0.495 e. The molecule has 10 heteroatoms. The van der Waals surface area contributed by atoms with E-state index in [0.29, 0.717) is 0 Å². The first-order valence-electron chi connectivity index (χ1n) is 5.63. The monoisotopic (exact) mass is 347 g/mol. The predicted molar refractivity (Wildman–Crippen MR) is 69.9 cm³/mol. The molecule has 0 unspecified atom stereocenters. The number of halogens is 4. The van der Waals surface area contributed by atoms with E-state index in [1.54, 1.807) is 0 Å². The van der Waals surface area contributed by atoms with Crippen LogP contribution in [0.5, 0.6) is 5.75 Å². The summed E-state index contributed by atoms with van der Waals surface area (Å²) in [5.41, 5.74) is 0. The molecule has 0 radical (unpaired) electrons. The minimum atomic E-state index is -4.73. The zero-order chi connectivity index (χ0) is 16.3. The number of hydrogen-bond acceptors (Lipinski definition) is 4. The Labute approximate surface area is 124 Å². The van der Waals surface area contributed by atoms with Gasteiger partial charge in [0.2, 0.25) is 10.0 Å². The largest absolute Gasteiger partial charge is 0.495 e. The number of sulfonamides is 1. The Bertz CT molecular complexity index is 592. The van der Waals surface area contributed by atoms with Crippen molar-refractivity contribution in [2.75, 3.05) is 26.8 Å². The molecule has 1 aromatic carbocycles. The first kappa shape index (κ1) is 18.0. The van der Waals surface area contributed by atoms with Crippen LogP contribution in [-0.4, -0.2) is 50.8 Å². The molecule has 0 fully saturated rings. The van der Waals surface area contributed by atoms with E-state index in [4.69, 9.17) is 21.4 Å². The van der Waals surface area contributed by atoms with Crippen LogP contribution in [0.3, 0.4) is 0 Å². The summed E-state index contributed by atoms with van der Waals surface area (Å²) in [6.45, 7) is -3.14. The van der Waals surface area contributed by atoms with Crippen LogP contribution < -0.4 is 4.74 Å². The second kappa shape index (κ2) is 6.82. The lowest BCUT2D eigenvalue weighted by Gasteiger charge is -2.23. The van der Waals surface area contributed by atoms with Gasteiger partial charge in [-0.05, 0) is 12.1 Å². The zero-order valence-corrected chi connectivity index (χ0v) is 12.5. The molecule has 0 bridgehead atoms. The second-order valence-electron chi connectivity index (χ2n) is 3.97. The highest BCUT2D eigenvalue weighted by Gasteiger charge is 2.37. The van der Waals surface area contributed by atoms with Crippen molar-refractivity contribution >= 4 is 21.6 Å². The molecule has 0 aliphatic heterocycles. The molecule has 0 saturated heterocycles. The third-order valence-corrected chi connectivity index (χ3v) is 4.57. The summed E-state index contributed by atoms with van der Waals surface area (Å²) in [4.78, 5) is -0.452. The number of alkyl halides is 3. The number of aliphatic hydroxyl groups is 1. The molecular formula is C11H13ClF3NO4S. The molecule has 120 valence electrons. The molecule has 0 saturated carbocycles. The molecule has 0 heterocycles. The van der Waals surface area contributed by atoms with Crippen LogP contribution in [0.25, 0.3) is 0 Å². The number of benzene rings is 1. The van der Waals surface area contributed by atoms with Gasteiger partial charge in [0.15, 0.2) is 0 Å². The van der Waals surface area contributed by atoms with E-state index in [1.165, 1.54) is 19.2 Å². The fourth-order valence-corrected chi connectivity index (χ4v) is 3.30. The van der Waals surface area contributed by atoms with E-state index in [-0.39, 0.29) is 15.1 Å². The zero-order valence-electron chi connectivity index (χ0n) is 10.9. The van der Waals surface area contributed by atoms with E-state index in [9.17, 15) is 21.6 Å². The lowest BCUT2D eigenvalue weighted by molar-refractivity contribution is -0.136. The molecule has 0 aliphatic carbocycles. The normalized spacial score (nSPS) is 12.7. The fraction of sp³-hybridized carbons (Fsp3) is 0.455. The van der Waals surface area contributed by atoms with E-state index in [1.807, 2.05) is 0 Å². The standard InChI is InChI=1S/C11H13ClF3NO4S/c1-20-9-6-8(12)2-3-10(9)21(18,19)16(4-5-17)7-11(13,14)15/h2-3,6,17H,4-5,7H2,1H3. The van der Waals surface area contributed by atoms with E-state index in [0.717, 1.165) is 6.07 Å². The van der Waals surface area contributed by atoms with Gasteiger partial charge in [0.1, 0.15) is 17.2 Å². The molecule has 1 N–H and O–H groups in total. The maximum absolute atomic E-state index is 12.5. The Morgan fingerprint density at radius 3 is 2.48 bits per heavy atom. The summed E-state index contributed by atoms with van der Waals surface area (Å²) in [5.74, 6) is -0.174. The van der Waals surface area contributed by atoms with Gasteiger partial charge in [0.25, 0.3) is 0 Å². The Morgan fingerprint density at radius 1 is 1.38 bits per heavy atom. The lowest BCUT2D eigenvalue weighted by Crippen LogP contribution is -2.40. The van der Waals surface area contributed by atoms with Crippen molar-refractivity contribution in [3.63, 3.8) is 0 Å². The number of hydrogen-bond donors (Lipinski definition) is 1. The predicted octanol–water partition coefficient (Wildman–Crippen LogP) is 1.89. The molecule has 0 atom stereocenters. The summed E-state index contributed by atoms with van der Waals surface area (Å²) >= 11 is 5.68. The van der Waals surface area contributed by atoms with Gasteiger partial charge in [-0.3, -0.25) is 0 Å². The number of nitrogens with zero attached hydrogens (tertiary/aromatic N) is 1. The van der Waals surface area contributed by atoms with Gasteiger partial charge in [-0.25, -0.2) is 8.42 Å². The molecule has 1 rings (SSSR count). The summed E-state index contributed by atoms with van der Waals surface area (Å²) in [7, 11) is -3.31. The van der Waals surface area contributed by atoms with Crippen molar-refractivity contribution in [1.82, 2.24) is 4.31 Å². The summed E-state index contributed by atoms with van der Waals surface area (Å²) < 4.78 is 67.0. The second-order valence-corrected chi connectivity index (χ2v) is 6.32. The maximum atomic E-state index is 12.5. The molecule has 0 amide bonds. The van der Waals surface area contributed by atoms with Crippen molar-refractivity contribution in [2.24, 2.45) is 0 Å². The van der Waals surface area contributed by atoms with Gasteiger partial charge in [-0.2, -0.15) is 17.5 Å². The van der Waals surface area contributed by atoms with E-state index >= 15 is 0 Å². The molecule has 0 aliphatic rings. The number of methoxy groups -OCH3 is 1. The maximum Gasteiger partial charge on any atom is 0.402 e. The van der Waals surface area contributed by atoms with Crippen molar-refractivity contribution in [1.29, 1.82) is 0 Å². The van der Waals surface area contributed by atoms with Crippen molar-refractivity contribution in [2.45, 2.75) is 11.1 Å². The summed E-state index contributed by atoms with van der Waals surface area (Å²) in [6.07, 6.45) is -4.73. The molecule has 5 nitrogen and oxygen atoms in total. The third-order valence-electron chi connectivity index (χ3n) is 2.45. The third kappa shape index (κ3) is 4.73. The SMILES string of the molecule is COc1cc(Cl)ccc1S(=O)(=O)N(CCO)CC(F)(F)F. The molecule has 0 aromatic heterocycles. The van der Waals surface area contributed by atoms with Gasteiger partial charge in [-0.15, -0.1) is 0 Å². The number of ether oxygens (including phenoxy) is 1. The van der Waals surface area contributed by atoms with Gasteiger partial charge in [0, 0.05) is 17.6 Å². The van der Waals surface area contributed by atoms with Crippen molar-refractivity contribution in [3.05, 3.63) is 23.2 Å². The minimum absolute atomic E-state index is 0.138. The van der Waals surface area contributed by atoms with Gasteiger partial charge in [0.05, 0.1) is 13.7 Å². The quantitative estimate of drug-likeness (QED) is 0.853. The first-order chi connectivity index (χ1) is 9.61. The topological polar surface area (TPSA) is 66.8 Å². The van der Waals surface area contributed by atoms with Gasteiger partial charge < -0.3 is 9.84 Å². The van der Waals surface area contributed by atoms with Crippen LogP contribution in [0.1, 0.15) is 0 Å². The fourth-order valence-electron chi connectivity index (χ4n) is 1.59. The van der Waals surface area contributed by atoms with E-state index < -0.39 is 40.8 Å². The van der Waals surface area contributed by atoms with Crippen LogP contribution in [0.15, 0.2) is 23.1 Å². The van der Waals surface area contributed by atoms with Crippen LogP contribution in [0.2, 0.25) is 5.02 Å². The Kier molecular flexibility index (Phi) is 5.85. The van der Waals surface area contributed by atoms with E-state index in [2.05, 4.69) is 0 Å². The van der Waals surface area contributed by atoms with Crippen molar-refractivity contribution in [3.8, 4) is 5.75 Å². The first-order valence-corrected chi connectivity index (χ1v) is 7.45. The van der Waals surface area contributed by atoms with Crippen LogP contribution in [-0.2, 0) is 10.0 Å². The highest BCUT2D eigenvalue weighted by Crippen LogP contribution is 2.31. The molecule has 0 spiro atoms. The summed E-state index contributed by atoms with van der Waals surface area (Å²) in [5, 5.41) is 8.96. The average molecular weight is 348 g/mol. The Morgan fingerprint density at radius 2 is 2.00 bits per heavy atom. The number of rotatable bonds is 6.